The number of carboxylic acids is 1. The van der Waals surface area contributed by atoms with Gasteiger partial charge in [-0.15, -0.1) is 12.4 Å². The molecule has 2 rings (SSSR count). The van der Waals surface area contributed by atoms with Crippen LogP contribution in [0.3, 0.4) is 0 Å². The van der Waals surface area contributed by atoms with Gasteiger partial charge in [-0.05, 0) is 30.7 Å². The summed E-state index contributed by atoms with van der Waals surface area (Å²) in [4.78, 5) is 10.5. The number of carboxylic acid groups (broad SMARTS) is 1. The molecule has 0 radical (unpaired) electrons. The van der Waals surface area contributed by atoms with Gasteiger partial charge in [-0.3, -0.25) is 4.79 Å². The molecular formula is C8H14ClNO2. The second-order valence-electron chi connectivity index (χ2n) is 3.80. The molecule has 1 aliphatic carbocycles. The first kappa shape index (κ1) is 9.81. The summed E-state index contributed by atoms with van der Waals surface area (Å²) in [6.07, 6.45) is 2.70. The van der Waals surface area contributed by atoms with Crippen molar-refractivity contribution in [2.24, 2.45) is 11.3 Å². The van der Waals surface area contributed by atoms with Gasteiger partial charge < -0.3 is 10.4 Å². The van der Waals surface area contributed by atoms with Gasteiger partial charge in [-0.1, -0.05) is 0 Å². The summed E-state index contributed by atoms with van der Waals surface area (Å²) >= 11 is 0. The minimum Gasteiger partial charge on any atom is -0.481 e. The van der Waals surface area contributed by atoms with E-state index in [9.17, 15) is 4.79 Å². The largest absolute Gasteiger partial charge is 0.481 e. The van der Waals surface area contributed by atoms with Crippen molar-refractivity contribution >= 4 is 18.4 Å². The zero-order valence-corrected chi connectivity index (χ0v) is 7.69. The van der Waals surface area contributed by atoms with E-state index in [1.807, 2.05) is 0 Å². The lowest BCUT2D eigenvalue weighted by atomic mass is 9.60. The van der Waals surface area contributed by atoms with Gasteiger partial charge in [0.15, 0.2) is 0 Å². The SMILES string of the molecule is Cl.O=C(O)C[C@]12CC[C@H]1CNC2. The Morgan fingerprint density at radius 1 is 1.67 bits per heavy atom. The van der Waals surface area contributed by atoms with Crippen molar-refractivity contribution < 1.29 is 9.90 Å². The zero-order valence-electron chi connectivity index (χ0n) is 6.88. The number of hydrogen-bond donors (Lipinski definition) is 2. The molecule has 0 aromatic heterocycles. The number of rotatable bonds is 2. The van der Waals surface area contributed by atoms with E-state index in [1.165, 1.54) is 6.42 Å². The molecule has 1 saturated heterocycles. The van der Waals surface area contributed by atoms with Gasteiger partial charge in [0, 0.05) is 6.54 Å². The third kappa shape index (κ3) is 1.31. The monoisotopic (exact) mass is 191 g/mol. The third-order valence-electron chi connectivity index (χ3n) is 3.23. The van der Waals surface area contributed by atoms with Gasteiger partial charge in [0.2, 0.25) is 0 Å². The van der Waals surface area contributed by atoms with Crippen LogP contribution in [0, 0.1) is 11.3 Å². The fourth-order valence-electron chi connectivity index (χ4n) is 2.40. The van der Waals surface area contributed by atoms with Gasteiger partial charge in [0.1, 0.15) is 0 Å². The maximum absolute atomic E-state index is 10.5. The highest BCUT2D eigenvalue weighted by molar-refractivity contribution is 5.85. The Bertz CT molecular complexity index is 197. The Kier molecular flexibility index (Phi) is 2.64. The van der Waals surface area contributed by atoms with Crippen LogP contribution in [0.25, 0.3) is 0 Å². The van der Waals surface area contributed by atoms with Crippen molar-refractivity contribution in [2.75, 3.05) is 13.1 Å². The molecule has 0 aromatic rings. The summed E-state index contributed by atoms with van der Waals surface area (Å²) in [5.74, 6) is 0.0111. The highest BCUT2D eigenvalue weighted by atomic mass is 35.5. The Labute approximate surface area is 77.9 Å². The maximum atomic E-state index is 10.5. The van der Waals surface area contributed by atoms with Crippen LogP contribution in [0.4, 0.5) is 0 Å². The average Bonchev–Trinajstić information content (AvgIpc) is 2.13. The maximum Gasteiger partial charge on any atom is 0.303 e. The van der Waals surface area contributed by atoms with E-state index >= 15 is 0 Å². The lowest BCUT2D eigenvalue weighted by Gasteiger charge is -2.43. The second kappa shape index (κ2) is 3.23. The highest BCUT2D eigenvalue weighted by Crippen LogP contribution is 2.51. The molecule has 3 nitrogen and oxygen atoms in total. The topological polar surface area (TPSA) is 49.3 Å². The average molecular weight is 192 g/mol. The Hall–Kier alpha value is -0.280. The predicted molar refractivity (Wildman–Crippen MR) is 47.5 cm³/mol. The lowest BCUT2D eigenvalue weighted by molar-refractivity contribution is -0.142. The van der Waals surface area contributed by atoms with Crippen LogP contribution in [-0.4, -0.2) is 24.2 Å². The molecule has 2 N–H and O–H groups in total. The number of halogens is 1. The minimum absolute atomic E-state index is 0. The summed E-state index contributed by atoms with van der Waals surface area (Å²) in [6.45, 7) is 1.96. The van der Waals surface area contributed by atoms with Crippen molar-refractivity contribution in [3.05, 3.63) is 0 Å². The molecule has 0 unspecified atom stereocenters. The molecule has 0 aromatic carbocycles. The molecule has 1 aliphatic heterocycles. The van der Waals surface area contributed by atoms with Crippen LogP contribution < -0.4 is 5.32 Å². The molecular weight excluding hydrogens is 178 g/mol. The second-order valence-corrected chi connectivity index (χ2v) is 3.80. The summed E-state index contributed by atoms with van der Waals surface area (Å²) in [7, 11) is 0. The van der Waals surface area contributed by atoms with Crippen molar-refractivity contribution in [3.8, 4) is 0 Å². The van der Waals surface area contributed by atoms with Crippen LogP contribution in [-0.2, 0) is 4.79 Å². The van der Waals surface area contributed by atoms with E-state index in [2.05, 4.69) is 5.32 Å². The molecule has 0 spiro atoms. The predicted octanol–water partition coefficient (Wildman–Crippen LogP) is 0.882. The van der Waals surface area contributed by atoms with E-state index in [1.54, 1.807) is 0 Å². The van der Waals surface area contributed by atoms with Crippen molar-refractivity contribution in [3.63, 3.8) is 0 Å². The van der Waals surface area contributed by atoms with Gasteiger partial charge in [-0.25, -0.2) is 0 Å². The standard InChI is InChI=1S/C8H13NO2.ClH/c10-7(11)3-8-2-1-6(8)4-9-5-8;/h6,9H,1-5H2,(H,10,11);1H/t6-,8-;/m0./s1. The van der Waals surface area contributed by atoms with E-state index in [0.29, 0.717) is 12.3 Å². The molecule has 2 aliphatic rings. The number of nitrogens with one attached hydrogen (secondary N) is 1. The molecule has 0 amide bonds. The van der Waals surface area contributed by atoms with E-state index in [4.69, 9.17) is 5.11 Å². The van der Waals surface area contributed by atoms with Crippen LogP contribution in [0.2, 0.25) is 0 Å². The minimum atomic E-state index is -0.640. The van der Waals surface area contributed by atoms with Crippen LogP contribution in [0.1, 0.15) is 19.3 Å². The number of aliphatic carboxylic acids is 1. The van der Waals surface area contributed by atoms with Gasteiger partial charge in [0.05, 0.1) is 6.42 Å². The van der Waals surface area contributed by atoms with Crippen molar-refractivity contribution in [2.45, 2.75) is 19.3 Å². The number of hydrogen-bond acceptors (Lipinski definition) is 2. The number of fused-ring (bicyclic) bond motifs is 1. The fourth-order valence-corrected chi connectivity index (χ4v) is 2.40. The van der Waals surface area contributed by atoms with Gasteiger partial charge in [0.25, 0.3) is 0 Å². The Morgan fingerprint density at radius 3 is 2.83 bits per heavy atom. The first-order valence-corrected chi connectivity index (χ1v) is 4.15. The smallest absolute Gasteiger partial charge is 0.303 e. The first-order valence-electron chi connectivity index (χ1n) is 4.15. The van der Waals surface area contributed by atoms with Gasteiger partial charge >= 0.3 is 5.97 Å². The van der Waals surface area contributed by atoms with Crippen LogP contribution >= 0.6 is 12.4 Å². The van der Waals surface area contributed by atoms with E-state index in [-0.39, 0.29) is 17.8 Å². The first-order chi connectivity index (χ1) is 5.23. The fraction of sp³-hybridized carbons (Fsp3) is 0.875. The third-order valence-corrected chi connectivity index (χ3v) is 3.23. The Balaban J connectivity index is 0.000000720. The molecule has 1 saturated carbocycles. The molecule has 70 valence electrons. The summed E-state index contributed by atoms with van der Waals surface area (Å²) < 4.78 is 0. The van der Waals surface area contributed by atoms with E-state index < -0.39 is 5.97 Å². The summed E-state index contributed by atoms with van der Waals surface area (Å²) in [5.41, 5.74) is 0.145. The lowest BCUT2D eigenvalue weighted by Crippen LogP contribution is -2.41. The molecule has 0 bridgehead atoms. The van der Waals surface area contributed by atoms with E-state index in [0.717, 1.165) is 19.5 Å². The Morgan fingerprint density at radius 2 is 2.42 bits per heavy atom. The summed E-state index contributed by atoms with van der Waals surface area (Å²) in [5, 5.41) is 11.9. The van der Waals surface area contributed by atoms with Gasteiger partial charge in [-0.2, -0.15) is 0 Å². The van der Waals surface area contributed by atoms with Crippen LogP contribution in [0.5, 0.6) is 0 Å². The molecule has 1 heterocycles. The normalized spacial score (nSPS) is 37.8. The molecule has 4 heteroatoms. The number of carbonyl (C=O) groups is 1. The quantitative estimate of drug-likeness (QED) is 0.682. The molecule has 2 atom stereocenters. The zero-order chi connectivity index (χ0) is 7.90. The molecule has 2 fully saturated rings. The van der Waals surface area contributed by atoms with Crippen molar-refractivity contribution in [1.82, 2.24) is 5.32 Å². The van der Waals surface area contributed by atoms with Crippen LogP contribution in [0.15, 0.2) is 0 Å². The summed E-state index contributed by atoms with van der Waals surface area (Å²) in [6, 6.07) is 0. The highest BCUT2D eigenvalue weighted by Gasteiger charge is 2.50. The molecule has 12 heavy (non-hydrogen) atoms. The van der Waals surface area contributed by atoms with Crippen molar-refractivity contribution in [1.29, 1.82) is 0 Å².